The summed E-state index contributed by atoms with van der Waals surface area (Å²) < 4.78 is 33.8. The first-order chi connectivity index (χ1) is 14.4. The van der Waals surface area contributed by atoms with Crippen LogP contribution in [0.3, 0.4) is 0 Å². The van der Waals surface area contributed by atoms with E-state index < -0.39 is 20.7 Å². The molecule has 0 bridgehead atoms. The van der Waals surface area contributed by atoms with Crippen molar-refractivity contribution in [3.05, 3.63) is 75.3 Å². The first kappa shape index (κ1) is 18.4. The van der Waals surface area contributed by atoms with Crippen molar-refractivity contribution in [3.8, 4) is 0 Å². The van der Waals surface area contributed by atoms with Crippen molar-refractivity contribution in [1.82, 2.24) is 4.57 Å². The lowest BCUT2D eigenvalue weighted by atomic mass is 10.1. The molecular weight excluding hydrogens is 410 g/mol. The summed E-state index contributed by atoms with van der Waals surface area (Å²) in [7, 11) is -3.68. The molecule has 152 valence electrons. The fourth-order valence-electron chi connectivity index (χ4n) is 3.95. The van der Waals surface area contributed by atoms with Crippen LogP contribution < -0.4 is 10.1 Å². The third-order valence-corrected chi connectivity index (χ3v) is 7.14. The summed E-state index contributed by atoms with van der Waals surface area (Å²) in [6.45, 7) is 0.315. The number of non-ortho nitro benzene ring substituents is 1. The second kappa shape index (κ2) is 6.42. The molecule has 1 aliphatic heterocycles. The molecule has 0 fully saturated rings. The Morgan fingerprint density at radius 3 is 2.57 bits per heavy atom. The van der Waals surface area contributed by atoms with Gasteiger partial charge in [0.1, 0.15) is 0 Å². The van der Waals surface area contributed by atoms with Crippen molar-refractivity contribution in [1.29, 1.82) is 0 Å². The molecule has 5 rings (SSSR count). The van der Waals surface area contributed by atoms with Gasteiger partial charge in [0, 0.05) is 30.6 Å². The van der Waals surface area contributed by atoms with Crippen LogP contribution in [0.1, 0.15) is 6.42 Å². The minimum atomic E-state index is -3.68. The molecule has 0 N–H and O–H groups in total. The zero-order valence-electron chi connectivity index (χ0n) is 15.5. The van der Waals surface area contributed by atoms with Crippen molar-refractivity contribution in [3.63, 3.8) is 0 Å². The van der Waals surface area contributed by atoms with Crippen LogP contribution in [0.2, 0.25) is 0 Å². The number of oxazole rings is 1. The van der Waals surface area contributed by atoms with E-state index in [1.165, 1.54) is 27.1 Å². The maximum atomic E-state index is 13.0. The highest BCUT2D eigenvalue weighted by Crippen LogP contribution is 2.41. The molecule has 0 unspecified atom stereocenters. The number of hydrogen-bond acceptors (Lipinski definition) is 6. The van der Waals surface area contributed by atoms with E-state index in [1.54, 1.807) is 18.2 Å². The minimum absolute atomic E-state index is 0.152. The minimum Gasteiger partial charge on any atom is -0.408 e. The number of aromatic nitrogens is 1. The van der Waals surface area contributed by atoms with Gasteiger partial charge in [0.2, 0.25) is 0 Å². The van der Waals surface area contributed by atoms with Crippen molar-refractivity contribution in [2.75, 3.05) is 10.8 Å². The lowest BCUT2D eigenvalue weighted by Gasteiger charge is -2.18. The SMILES string of the molecule is O=c1oc2ccc([N+](=O)[O-])cc2n1CCCN1c2cccc3cccc(c23)S1(=O)=O. The molecule has 0 atom stereocenters. The van der Waals surface area contributed by atoms with Crippen molar-refractivity contribution in [2.45, 2.75) is 17.9 Å². The van der Waals surface area contributed by atoms with Gasteiger partial charge < -0.3 is 4.42 Å². The molecule has 1 aromatic heterocycles. The van der Waals surface area contributed by atoms with Crippen LogP contribution >= 0.6 is 0 Å². The average Bonchev–Trinajstić information content (AvgIpc) is 3.15. The fraction of sp³-hybridized carbons (Fsp3) is 0.150. The Hall–Kier alpha value is -3.66. The highest BCUT2D eigenvalue weighted by molar-refractivity contribution is 7.93. The average molecular weight is 425 g/mol. The summed E-state index contributed by atoms with van der Waals surface area (Å²) in [4.78, 5) is 23.0. The highest BCUT2D eigenvalue weighted by atomic mass is 32.2. The van der Waals surface area contributed by atoms with Crippen LogP contribution in [-0.4, -0.2) is 24.5 Å². The Bertz CT molecular complexity index is 1500. The number of hydrogen-bond donors (Lipinski definition) is 0. The van der Waals surface area contributed by atoms with Gasteiger partial charge in [-0.05, 0) is 30.0 Å². The third-order valence-electron chi connectivity index (χ3n) is 5.29. The molecule has 3 aromatic carbocycles. The van der Waals surface area contributed by atoms with E-state index in [9.17, 15) is 23.3 Å². The van der Waals surface area contributed by atoms with E-state index in [1.807, 2.05) is 18.2 Å². The number of nitrogens with zero attached hydrogens (tertiary/aromatic N) is 3. The number of anilines is 1. The van der Waals surface area contributed by atoms with Gasteiger partial charge in [0.25, 0.3) is 15.7 Å². The Balaban J connectivity index is 1.45. The van der Waals surface area contributed by atoms with Gasteiger partial charge in [0.15, 0.2) is 5.58 Å². The van der Waals surface area contributed by atoms with E-state index in [4.69, 9.17) is 4.42 Å². The Morgan fingerprint density at radius 2 is 1.80 bits per heavy atom. The molecule has 9 nitrogen and oxygen atoms in total. The van der Waals surface area contributed by atoms with E-state index in [0.717, 1.165) is 5.39 Å². The molecule has 1 aliphatic rings. The summed E-state index contributed by atoms with van der Waals surface area (Å²) in [5.74, 6) is -0.639. The molecule has 4 aromatic rings. The smallest absolute Gasteiger partial charge is 0.408 e. The van der Waals surface area contributed by atoms with E-state index >= 15 is 0 Å². The second-order valence-corrected chi connectivity index (χ2v) is 8.82. The number of nitro benzene ring substituents is 1. The van der Waals surface area contributed by atoms with E-state index in [-0.39, 0.29) is 29.3 Å². The van der Waals surface area contributed by atoms with E-state index in [2.05, 4.69) is 0 Å². The van der Waals surface area contributed by atoms with Gasteiger partial charge in [0.05, 0.1) is 21.0 Å². The number of rotatable bonds is 5. The van der Waals surface area contributed by atoms with Crippen LogP contribution in [0.5, 0.6) is 0 Å². The van der Waals surface area contributed by atoms with Gasteiger partial charge in [-0.15, -0.1) is 0 Å². The molecule has 0 radical (unpaired) electrons. The fourth-order valence-corrected chi connectivity index (χ4v) is 5.70. The zero-order chi connectivity index (χ0) is 21.0. The lowest BCUT2D eigenvalue weighted by Crippen LogP contribution is -2.29. The molecule has 0 aliphatic carbocycles. The predicted octanol–water partition coefficient (Wildman–Crippen LogP) is 3.25. The van der Waals surface area contributed by atoms with Crippen LogP contribution in [-0.2, 0) is 16.6 Å². The highest BCUT2D eigenvalue weighted by Gasteiger charge is 2.35. The summed E-state index contributed by atoms with van der Waals surface area (Å²) in [6.07, 6.45) is 0.320. The zero-order valence-corrected chi connectivity index (χ0v) is 16.3. The molecule has 0 amide bonds. The van der Waals surface area contributed by atoms with Crippen LogP contribution in [0.25, 0.3) is 21.9 Å². The number of nitro groups is 1. The predicted molar refractivity (Wildman–Crippen MR) is 110 cm³/mol. The van der Waals surface area contributed by atoms with Crippen molar-refractivity contribution < 1.29 is 17.8 Å². The first-order valence-electron chi connectivity index (χ1n) is 9.20. The summed E-state index contributed by atoms with van der Waals surface area (Å²) >= 11 is 0. The maximum absolute atomic E-state index is 13.0. The van der Waals surface area contributed by atoms with Crippen LogP contribution in [0, 0.1) is 10.1 Å². The lowest BCUT2D eigenvalue weighted by molar-refractivity contribution is -0.384. The normalized spacial score (nSPS) is 14.6. The Morgan fingerprint density at radius 1 is 1.03 bits per heavy atom. The summed E-state index contributed by atoms with van der Waals surface area (Å²) in [5.41, 5.74) is 1.02. The molecule has 0 saturated carbocycles. The second-order valence-electron chi connectivity index (χ2n) is 6.99. The third kappa shape index (κ3) is 2.61. The molecular formula is C20H15N3O6S. The number of aryl methyl sites for hydroxylation is 1. The van der Waals surface area contributed by atoms with E-state index in [0.29, 0.717) is 23.0 Å². The topological polar surface area (TPSA) is 116 Å². The maximum Gasteiger partial charge on any atom is 0.419 e. The van der Waals surface area contributed by atoms with Crippen molar-refractivity contribution >= 4 is 43.3 Å². The standard InChI is InChI=1S/C20H15N3O6S/c24-20-21(16-12-14(23(25)26)8-9-17(16)29-20)10-3-11-22-15-6-1-4-13-5-2-7-18(19(13)15)30(22,27)28/h1-2,4-9,12H,3,10-11H2. The monoisotopic (exact) mass is 425 g/mol. The summed E-state index contributed by atoms with van der Waals surface area (Å²) in [5, 5.41) is 12.6. The largest absolute Gasteiger partial charge is 0.419 e. The van der Waals surface area contributed by atoms with Gasteiger partial charge in [-0.1, -0.05) is 24.3 Å². The molecule has 0 saturated heterocycles. The van der Waals surface area contributed by atoms with Crippen molar-refractivity contribution in [2.24, 2.45) is 0 Å². The van der Waals surface area contributed by atoms with Gasteiger partial charge in [-0.25, -0.2) is 13.2 Å². The molecule has 0 spiro atoms. The van der Waals surface area contributed by atoms with Gasteiger partial charge in [-0.3, -0.25) is 19.0 Å². The summed E-state index contributed by atoms with van der Waals surface area (Å²) in [6, 6.07) is 14.5. The number of fused-ring (bicyclic) bond motifs is 1. The molecule has 2 heterocycles. The number of sulfonamides is 1. The van der Waals surface area contributed by atoms with Crippen LogP contribution in [0.15, 0.2) is 68.7 Å². The quantitative estimate of drug-likeness (QED) is 0.358. The number of benzene rings is 3. The van der Waals surface area contributed by atoms with Gasteiger partial charge in [-0.2, -0.15) is 0 Å². The molecule has 10 heteroatoms. The van der Waals surface area contributed by atoms with Gasteiger partial charge >= 0.3 is 5.76 Å². The van der Waals surface area contributed by atoms with Crippen LogP contribution in [0.4, 0.5) is 11.4 Å². The first-order valence-corrected chi connectivity index (χ1v) is 10.6. The Kier molecular flexibility index (Phi) is 3.93. The molecule has 30 heavy (non-hydrogen) atoms. The Labute approximate surface area is 169 Å².